The van der Waals surface area contributed by atoms with Crippen LogP contribution < -0.4 is 0 Å². The molecule has 4 heteroatoms. The predicted molar refractivity (Wildman–Crippen MR) is 110 cm³/mol. The summed E-state index contributed by atoms with van der Waals surface area (Å²) in [6.45, 7) is 3.75. The maximum Gasteiger partial charge on any atom is 0.356 e. The van der Waals surface area contributed by atoms with E-state index in [0.717, 1.165) is 21.9 Å². The van der Waals surface area contributed by atoms with E-state index >= 15 is 0 Å². The average Bonchev–Trinajstić information content (AvgIpc) is 3.09. The van der Waals surface area contributed by atoms with Crippen LogP contribution in [0.3, 0.4) is 0 Å². The van der Waals surface area contributed by atoms with Gasteiger partial charge in [0.2, 0.25) is 0 Å². The van der Waals surface area contributed by atoms with Gasteiger partial charge in [-0.15, -0.1) is 0 Å². The molecule has 2 N–H and O–H groups in total. The van der Waals surface area contributed by atoms with Crippen molar-refractivity contribution in [2.24, 2.45) is 0 Å². The Balaban J connectivity index is 1.77. The molecule has 0 aliphatic carbocycles. The minimum atomic E-state index is -0.452. The molecule has 28 heavy (non-hydrogen) atoms. The van der Waals surface area contributed by atoms with E-state index in [-0.39, 0.29) is 11.9 Å². The van der Waals surface area contributed by atoms with E-state index < -0.39 is 5.97 Å². The van der Waals surface area contributed by atoms with Crippen LogP contribution in [0.1, 0.15) is 34.6 Å². The highest BCUT2D eigenvalue weighted by Crippen LogP contribution is 2.40. The number of hydrogen-bond donors (Lipinski definition) is 2. The van der Waals surface area contributed by atoms with E-state index in [1.54, 1.807) is 12.3 Å². The second-order valence-electron chi connectivity index (χ2n) is 6.86. The van der Waals surface area contributed by atoms with Gasteiger partial charge in [0.05, 0.1) is 0 Å². The van der Waals surface area contributed by atoms with Crippen molar-refractivity contribution in [1.82, 2.24) is 4.98 Å². The van der Waals surface area contributed by atoms with E-state index in [4.69, 9.17) is 4.74 Å². The lowest BCUT2D eigenvalue weighted by atomic mass is 9.95. The lowest BCUT2D eigenvalue weighted by Gasteiger charge is -2.15. The molecule has 4 aromatic rings. The Morgan fingerprint density at radius 3 is 2.46 bits per heavy atom. The molecule has 1 heterocycles. The summed E-state index contributed by atoms with van der Waals surface area (Å²) < 4.78 is 5.70. The van der Waals surface area contributed by atoms with Gasteiger partial charge in [0, 0.05) is 17.3 Å². The standard InChI is InChI=1S/C24H21NO3/c1-15-14-25-23(24(27)28-16(2)17-8-4-3-5-9-17)21(15)22-19-11-7-6-10-18(19)12-13-20(22)26/h3-14,16,25-26H,1-2H3/t16-/m0/s1. The summed E-state index contributed by atoms with van der Waals surface area (Å²) in [5.74, 6) is -0.321. The first-order valence-corrected chi connectivity index (χ1v) is 9.21. The summed E-state index contributed by atoms with van der Waals surface area (Å²) in [5.41, 5.74) is 3.43. The lowest BCUT2D eigenvalue weighted by molar-refractivity contribution is 0.0332. The molecule has 4 nitrogen and oxygen atoms in total. The van der Waals surface area contributed by atoms with Gasteiger partial charge in [-0.1, -0.05) is 60.7 Å². The second kappa shape index (κ2) is 7.24. The molecule has 1 aromatic heterocycles. The molecule has 0 spiro atoms. The van der Waals surface area contributed by atoms with Crippen molar-refractivity contribution in [3.05, 3.63) is 89.7 Å². The molecule has 0 saturated carbocycles. The van der Waals surface area contributed by atoms with Gasteiger partial charge in [-0.05, 0) is 41.8 Å². The first-order valence-electron chi connectivity index (χ1n) is 9.21. The van der Waals surface area contributed by atoms with Crippen LogP contribution in [0.4, 0.5) is 0 Å². The number of nitrogens with one attached hydrogen (secondary N) is 1. The SMILES string of the molecule is Cc1c[nH]c(C(=O)O[C@@H](C)c2ccccc2)c1-c1c(O)ccc2ccccc12. The van der Waals surface area contributed by atoms with Crippen molar-refractivity contribution in [3.8, 4) is 16.9 Å². The number of carbonyl (C=O) groups is 1. The van der Waals surface area contributed by atoms with Crippen LogP contribution in [0.15, 0.2) is 72.9 Å². The largest absolute Gasteiger partial charge is 0.507 e. The molecule has 0 saturated heterocycles. The first-order chi connectivity index (χ1) is 13.6. The smallest absolute Gasteiger partial charge is 0.356 e. The number of aryl methyl sites for hydroxylation is 1. The molecule has 0 aliphatic heterocycles. The number of hydrogen-bond acceptors (Lipinski definition) is 3. The van der Waals surface area contributed by atoms with Crippen LogP contribution in [-0.2, 0) is 4.74 Å². The Morgan fingerprint density at radius 2 is 1.68 bits per heavy atom. The molecular weight excluding hydrogens is 350 g/mol. The normalized spacial score (nSPS) is 12.1. The molecule has 1 atom stereocenters. The zero-order valence-electron chi connectivity index (χ0n) is 15.8. The zero-order chi connectivity index (χ0) is 19.7. The van der Waals surface area contributed by atoms with Gasteiger partial charge in [0.15, 0.2) is 0 Å². The summed E-state index contributed by atoms with van der Waals surface area (Å²) in [6.07, 6.45) is 1.38. The number of phenolic OH excluding ortho intramolecular Hbond substituents is 1. The van der Waals surface area contributed by atoms with Crippen LogP contribution in [0.25, 0.3) is 21.9 Å². The number of benzene rings is 3. The van der Waals surface area contributed by atoms with Crippen molar-refractivity contribution < 1.29 is 14.6 Å². The summed E-state index contributed by atoms with van der Waals surface area (Å²) in [6, 6.07) is 20.9. The number of aromatic nitrogens is 1. The third-order valence-electron chi connectivity index (χ3n) is 4.99. The summed E-state index contributed by atoms with van der Waals surface area (Å²) in [7, 11) is 0. The van der Waals surface area contributed by atoms with Crippen LogP contribution in [-0.4, -0.2) is 16.1 Å². The Bertz CT molecular complexity index is 1150. The molecule has 0 aliphatic rings. The van der Waals surface area contributed by atoms with Crippen LogP contribution in [0.5, 0.6) is 5.75 Å². The van der Waals surface area contributed by atoms with E-state index in [2.05, 4.69) is 4.98 Å². The molecule has 140 valence electrons. The molecule has 0 unspecified atom stereocenters. The predicted octanol–water partition coefficient (Wildman–Crippen LogP) is 5.77. The first kappa shape index (κ1) is 17.9. The molecule has 0 amide bonds. The molecule has 3 aromatic carbocycles. The fraction of sp³-hybridized carbons (Fsp3) is 0.125. The molecule has 0 bridgehead atoms. The molecule has 0 fully saturated rings. The van der Waals surface area contributed by atoms with Gasteiger partial charge in [-0.3, -0.25) is 0 Å². The average molecular weight is 371 g/mol. The Labute approximate surface area is 163 Å². The fourth-order valence-electron chi connectivity index (χ4n) is 3.54. The monoisotopic (exact) mass is 371 g/mol. The van der Waals surface area contributed by atoms with Crippen molar-refractivity contribution in [1.29, 1.82) is 0 Å². The van der Waals surface area contributed by atoms with Gasteiger partial charge in [0.1, 0.15) is 17.5 Å². The molecule has 0 radical (unpaired) electrons. The topological polar surface area (TPSA) is 62.3 Å². The Kier molecular flexibility index (Phi) is 4.62. The van der Waals surface area contributed by atoms with Gasteiger partial charge in [-0.2, -0.15) is 0 Å². The number of aromatic hydroxyl groups is 1. The maximum atomic E-state index is 12.9. The number of esters is 1. The highest BCUT2D eigenvalue weighted by molar-refractivity contribution is 6.06. The molecular formula is C24H21NO3. The number of carbonyl (C=O) groups excluding carboxylic acids is 1. The van der Waals surface area contributed by atoms with Crippen LogP contribution in [0, 0.1) is 6.92 Å². The van der Waals surface area contributed by atoms with Crippen molar-refractivity contribution >= 4 is 16.7 Å². The lowest BCUT2D eigenvalue weighted by Crippen LogP contribution is -2.11. The number of H-pyrrole nitrogens is 1. The third kappa shape index (κ3) is 3.14. The minimum Gasteiger partial charge on any atom is -0.507 e. The quantitative estimate of drug-likeness (QED) is 0.448. The van der Waals surface area contributed by atoms with Gasteiger partial charge in [-0.25, -0.2) is 4.79 Å². The van der Waals surface area contributed by atoms with E-state index in [1.807, 2.05) is 74.5 Å². The third-order valence-corrected chi connectivity index (χ3v) is 4.99. The molecule has 4 rings (SSSR count). The fourth-order valence-corrected chi connectivity index (χ4v) is 3.54. The number of ether oxygens (including phenoxy) is 1. The van der Waals surface area contributed by atoms with Gasteiger partial charge < -0.3 is 14.8 Å². The van der Waals surface area contributed by atoms with Crippen molar-refractivity contribution in [2.75, 3.05) is 0 Å². The number of fused-ring (bicyclic) bond motifs is 1. The van der Waals surface area contributed by atoms with Crippen molar-refractivity contribution in [3.63, 3.8) is 0 Å². The summed E-state index contributed by atoms with van der Waals surface area (Å²) >= 11 is 0. The maximum absolute atomic E-state index is 12.9. The number of rotatable bonds is 4. The number of aromatic amines is 1. The zero-order valence-corrected chi connectivity index (χ0v) is 15.8. The Morgan fingerprint density at radius 1 is 0.964 bits per heavy atom. The van der Waals surface area contributed by atoms with E-state index in [0.29, 0.717) is 16.8 Å². The van der Waals surface area contributed by atoms with Gasteiger partial charge >= 0.3 is 5.97 Å². The second-order valence-corrected chi connectivity index (χ2v) is 6.86. The van der Waals surface area contributed by atoms with Crippen LogP contribution in [0.2, 0.25) is 0 Å². The van der Waals surface area contributed by atoms with Crippen LogP contribution >= 0.6 is 0 Å². The summed E-state index contributed by atoms with van der Waals surface area (Å²) in [5, 5.41) is 12.5. The van der Waals surface area contributed by atoms with E-state index in [1.165, 1.54) is 0 Å². The minimum absolute atomic E-state index is 0.131. The summed E-state index contributed by atoms with van der Waals surface area (Å²) in [4.78, 5) is 16.0. The number of phenols is 1. The highest BCUT2D eigenvalue weighted by Gasteiger charge is 2.24. The Hall–Kier alpha value is -3.53. The van der Waals surface area contributed by atoms with E-state index in [9.17, 15) is 9.90 Å². The van der Waals surface area contributed by atoms with Crippen molar-refractivity contribution in [2.45, 2.75) is 20.0 Å². The highest BCUT2D eigenvalue weighted by atomic mass is 16.5. The van der Waals surface area contributed by atoms with Gasteiger partial charge in [0.25, 0.3) is 0 Å².